The monoisotopic (exact) mass is 666 g/mol. The quantitative estimate of drug-likeness (QED) is 0.199. The van der Waals surface area contributed by atoms with E-state index in [-0.39, 0.29) is 12.2 Å². The molecule has 42 heavy (non-hydrogen) atoms. The third kappa shape index (κ3) is 6.23. The van der Waals surface area contributed by atoms with Gasteiger partial charge in [-0.15, -0.1) is 0 Å². The summed E-state index contributed by atoms with van der Waals surface area (Å²) >= 11 is 11.0. The van der Waals surface area contributed by atoms with Crippen molar-refractivity contribution in [2.75, 3.05) is 13.2 Å². The number of carbonyl (C=O) groups is 1. The summed E-state index contributed by atoms with van der Waals surface area (Å²) in [5.74, 6) is 0.641. The molecule has 0 spiro atoms. The molecule has 0 amide bonds. The van der Waals surface area contributed by atoms with Crippen LogP contribution in [0.1, 0.15) is 43.5 Å². The number of ether oxygens (including phenoxy) is 3. The van der Waals surface area contributed by atoms with E-state index >= 15 is 0 Å². The first-order valence-electron chi connectivity index (χ1n) is 13.4. The number of allylic oxidation sites excluding steroid dienone is 1. The standard InChI is InChI=1S/C32H28BrClN2O5S/c1-4-39-25-15-22(24(33)17-26(25)41-18-20-9-7-6-8-10-20)16-27-30(37)36-29(21-11-13-23(34)14-12-21)28(31(38)40-5-2)19(3)35-32(36)42-27/h6-17,29H,4-5,18H2,1-3H3/b27-16-/t29-/m1/s1. The van der Waals surface area contributed by atoms with Gasteiger partial charge >= 0.3 is 5.97 Å². The van der Waals surface area contributed by atoms with E-state index in [1.807, 2.05) is 49.4 Å². The third-order valence-corrected chi connectivity index (χ3v) is 8.51. The van der Waals surface area contributed by atoms with Crippen molar-refractivity contribution >= 4 is 50.9 Å². The molecule has 0 aliphatic carbocycles. The van der Waals surface area contributed by atoms with Gasteiger partial charge in [-0.2, -0.15) is 0 Å². The van der Waals surface area contributed by atoms with Gasteiger partial charge in [-0.05, 0) is 67.8 Å². The summed E-state index contributed by atoms with van der Waals surface area (Å²) in [5, 5.41) is 0.552. The molecule has 216 valence electrons. The van der Waals surface area contributed by atoms with Crippen molar-refractivity contribution in [2.45, 2.75) is 33.4 Å². The Labute approximate surface area is 260 Å². The van der Waals surface area contributed by atoms with Crippen molar-refractivity contribution in [2.24, 2.45) is 4.99 Å². The fourth-order valence-electron chi connectivity index (χ4n) is 4.67. The highest BCUT2D eigenvalue weighted by Crippen LogP contribution is 2.35. The van der Waals surface area contributed by atoms with E-state index in [2.05, 4.69) is 20.9 Å². The number of nitrogens with zero attached hydrogens (tertiary/aromatic N) is 2. The van der Waals surface area contributed by atoms with Crippen LogP contribution in [-0.2, 0) is 16.1 Å². The molecule has 0 saturated carbocycles. The van der Waals surface area contributed by atoms with Crippen LogP contribution < -0.4 is 24.4 Å². The van der Waals surface area contributed by atoms with Crippen LogP contribution in [0, 0.1) is 0 Å². The van der Waals surface area contributed by atoms with Crippen molar-refractivity contribution in [3.8, 4) is 11.5 Å². The minimum atomic E-state index is -0.712. The van der Waals surface area contributed by atoms with E-state index in [1.165, 1.54) is 11.3 Å². The van der Waals surface area contributed by atoms with Gasteiger partial charge in [0, 0.05) is 9.50 Å². The highest BCUT2D eigenvalue weighted by Gasteiger charge is 2.33. The van der Waals surface area contributed by atoms with Crippen LogP contribution >= 0.6 is 38.9 Å². The molecule has 0 saturated heterocycles. The zero-order valence-corrected chi connectivity index (χ0v) is 26.4. The lowest BCUT2D eigenvalue weighted by atomic mass is 9.96. The lowest BCUT2D eigenvalue weighted by molar-refractivity contribution is -0.139. The Morgan fingerprint density at radius 2 is 1.76 bits per heavy atom. The van der Waals surface area contributed by atoms with E-state index in [0.717, 1.165) is 21.2 Å². The zero-order chi connectivity index (χ0) is 29.8. The van der Waals surface area contributed by atoms with Crippen LogP contribution in [0.4, 0.5) is 0 Å². The summed E-state index contributed by atoms with van der Waals surface area (Å²) in [6.07, 6.45) is 1.79. The van der Waals surface area contributed by atoms with E-state index in [1.54, 1.807) is 48.8 Å². The number of aromatic nitrogens is 1. The Kier molecular flexibility index (Phi) is 9.30. The number of esters is 1. The first kappa shape index (κ1) is 29.8. The Hall–Kier alpha value is -3.66. The number of thiazole rings is 1. The average Bonchev–Trinajstić information content (AvgIpc) is 3.28. The molecule has 0 radical (unpaired) electrons. The van der Waals surface area contributed by atoms with Crippen LogP contribution in [0.3, 0.4) is 0 Å². The van der Waals surface area contributed by atoms with E-state index in [4.69, 9.17) is 25.8 Å². The second kappa shape index (κ2) is 13.1. The Morgan fingerprint density at radius 3 is 2.45 bits per heavy atom. The minimum absolute atomic E-state index is 0.203. The number of hydrogen-bond donors (Lipinski definition) is 0. The second-order valence-electron chi connectivity index (χ2n) is 9.38. The molecule has 3 aromatic carbocycles. The minimum Gasteiger partial charge on any atom is -0.490 e. The van der Waals surface area contributed by atoms with Crippen molar-refractivity contribution in [3.63, 3.8) is 0 Å². The Balaban J connectivity index is 1.60. The van der Waals surface area contributed by atoms with Gasteiger partial charge in [0.05, 0.1) is 35.1 Å². The fourth-order valence-corrected chi connectivity index (χ4v) is 6.27. The van der Waals surface area contributed by atoms with Crippen molar-refractivity contribution in [1.29, 1.82) is 0 Å². The number of carbonyl (C=O) groups excluding carboxylic acids is 1. The fraction of sp³-hybridized carbons (Fsp3) is 0.219. The molecule has 5 rings (SSSR count). The molecule has 1 aliphatic heterocycles. The second-order valence-corrected chi connectivity index (χ2v) is 11.7. The molecule has 1 atom stereocenters. The molecule has 0 unspecified atom stereocenters. The maximum absolute atomic E-state index is 14.0. The highest BCUT2D eigenvalue weighted by atomic mass is 79.9. The number of hydrogen-bond acceptors (Lipinski definition) is 7. The van der Waals surface area contributed by atoms with Gasteiger partial charge in [0.2, 0.25) is 0 Å². The number of rotatable bonds is 9. The summed E-state index contributed by atoms with van der Waals surface area (Å²) in [5.41, 5.74) is 3.04. The van der Waals surface area contributed by atoms with Crippen LogP contribution in [0.5, 0.6) is 11.5 Å². The van der Waals surface area contributed by atoms with Crippen molar-refractivity contribution in [1.82, 2.24) is 4.57 Å². The Bertz CT molecular complexity index is 1830. The number of benzene rings is 3. The SMILES string of the molecule is CCOC(=O)C1=C(C)N=c2s/c(=C\c3cc(OCC)c(OCc4ccccc4)cc3Br)c(=O)n2[C@@H]1c1ccc(Cl)cc1. The molecular weight excluding hydrogens is 640 g/mol. The van der Waals surface area contributed by atoms with Crippen molar-refractivity contribution in [3.05, 3.63) is 124 Å². The molecule has 1 aromatic heterocycles. The molecule has 0 N–H and O–H groups in total. The maximum Gasteiger partial charge on any atom is 0.338 e. The molecular formula is C32H28BrClN2O5S. The topological polar surface area (TPSA) is 79.1 Å². The van der Waals surface area contributed by atoms with Gasteiger partial charge in [-0.3, -0.25) is 9.36 Å². The third-order valence-electron chi connectivity index (χ3n) is 6.59. The van der Waals surface area contributed by atoms with Gasteiger partial charge < -0.3 is 14.2 Å². The molecule has 0 fully saturated rings. The predicted octanol–water partition coefficient (Wildman–Crippen LogP) is 6.19. The molecule has 10 heteroatoms. The molecule has 4 aromatic rings. The first-order chi connectivity index (χ1) is 20.3. The van der Waals surface area contributed by atoms with E-state index in [9.17, 15) is 9.59 Å². The maximum atomic E-state index is 14.0. The highest BCUT2D eigenvalue weighted by molar-refractivity contribution is 9.10. The molecule has 1 aliphatic rings. The number of halogens is 2. The summed E-state index contributed by atoms with van der Waals surface area (Å²) in [4.78, 5) is 32.2. The largest absolute Gasteiger partial charge is 0.490 e. The lowest BCUT2D eigenvalue weighted by Crippen LogP contribution is -2.39. The van der Waals surface area contributed by atoms with Gasteiger partial charge in [-0.1, -0.05) is 81.3 Å². The van der Waals surface area contributed by atoms with Crippen LogP contribution in [-0.4, -0.2) is 23.8 Å². The van der Waals surface area contributed by atoms with Crippen LogP contribution in [0.2, 0.25) is 5.02 Å². The van der Waals surface area contributed by atoms with Crippen LogP contribution in [0.25, 0.3) is 6.08 Å². The van der Waals surface area contributed by atoms with Crippen molar-refractivity contribution < 1.29 is 19.0 Å². The van der Waals surface area contributed by atoms with Gasteiger partial charge in [0.1, 0.15) is 6.61 Å². The summed E-state index contributed by atoms with van der Waals surface area (Å²) < 4.78 is 20.1. The number of fused-ring (bicyclic) bond motifs is 1. The van der Waals surface area contributed by atoms with Crippen LogP contribution in [0.15, 0.2) is 92.3 Å². The first-order valence-corrected chi connectivity index (χ1v) is 15.4. The molecule has 0 bridgehead atoms. The van der Waals surface area contributed by atoms with E-state index in [0.29, 0.717) is 50.3 Å². The summed E-state index contributed by atoms with van der Waals surface area (Å²) in [6, 6.07) is 19.9. The smallest absolute Gasteiger partial charge is 0.338 e. The van der Waals surface area contributed by atoms with Gasteiger partial charge in [0.15, 0.2) is 16.3 Å². The molecule has 7 nitrogen and oxygen atoms in total. The molecule has 2 heterocycles. The van der Waals surface area contributed by atoms with E-state index < -0.39 is 12.0 Å². The average molecular weight is 668 g/mol. The lowest BCUT2D eigenvalue weighted by Gasteiger charge is -2.24. The Morgan fingerprint density at radius 1 is 1.05 bits per heavy atom. The summed E-state index contributed by atoms with van der Waals surface area (Å²) in [7, 11) is 0. The van der Waals surface area contributed by atoms with Gasteiger partial charge in [0.25, 0.3) is 5.56 Å². The zero-order valence-electron chi connectivity index (χ0n) is 23.2. The van der Waals surface area contributed by atoms with Gasteiger partial charge in [-0.25, -0.2) is 9.79 Å². The normalized spacial score (nSPS) is 14.8. The predicted molar refractivity (Wildman–Crippen MR) is 168 cm³/mol. The summed E-state index contributed by atoms with van der Waals surface area (Å²) in [6.45, 7) is 6.44.